The molecular weight excluding hydrogens is 220 g/mol. The van der Waals surface area contributed by atoms with Gasteiger partial charge in [-0.2, -0.15) is 0 Å². The molecule has 0 radical (unpaired) electrons. The second-order valence-electron chi connectivity index (χ2n) is 6.31. The Balaban J connectivity index is 2.09. The Labute approximate surface area is 114 Å². The van der Waals surface area contributed by atoms with E-state index in [1.54, 1.807) is 0 Å². The Bertz CT molecular complexity index is 241. The Morgan fingerprint density at radius 2 is 1.78 bits per heavy atom. The highest BCUT2D eigenvalue weighted by Crippen LogP contribution is 2.33. The molecule has 0 aromatic rings. The first-order valence-corrected chi connectivity index (χ1v) is 8.28. The SMILES string of the molecule is CCNC1CCCCCC1N1C(C)CCC1CC. The van der Waals surface area contributed by atoms with E-state index < -0.39 is 0 Å². The Morgan fingerprint density at radius 1 is 1.00 bits per heavy atom. The van der Waals surface area contributed by atoms with Crippen LogP contribution < -0.4 is 5.32 Å². The van der Waals surface area contributed by atoms with Crippen molar-refractivity contribution >= 4 is 0 Å². The topological polar surface area (TPSA) is 15.3 Å². The van der Waals surface area contributed by atoms with Gasteiger partial charge in [0.25, 0.3) is 0 Å². The maximum atomic E-state index is 3.77. The minimum atomic E-state index is 0.743. The molecule has 18 heavy (non-hydrogen) atoms. The molecule has 0 aromatic heterocycles. The van der Waals surface area contributed by atoms with Gasteiger partial charge >= 0.3 is 0 Å². The van der Waals surface area contributed by atoms with Crippen molar-refractivity contribution in [2.45, 2.75) is 96.3 Å². The molecule has 0 aromatic carbocycles. The minimum absolute atomic E-state index is 0.743. The predicted molar refractivity (Wildman–Crippen MR) is 79.0 cm³/mol. The van der Waals surface area contributed by atoms with Gasteiger partial charge in [-0.1, -0.05) is 33.1 Å². The fourth-order valence-corrected chi connectivity index (χ4v) is 4.25. The van der Waals surface area contributed by atoms with Crippen molar-refractivity contribution in [3.8, 4) is 0 Å². The number of likely N-dealkylation sites (N-methyl/N-ethyl adjacent to an activating group) is 1. The van der Waals surface area contributed by atoms with Gasteiger partial charge < -0.3 is 5.32 Å². The summed E-state index contributed by atoms with van der Waals surface area (Å²) in [7, 11) is 0. The van der Waals surface area contributed by atoms with E-state index in [9.17, 15) is 0 Å². The van der Waals surface area contributed by atoms with Crippen LogP contribution in [0.5, 0.6) is 0 Å². The summed E-state index contributed by atoms with van der Waals surface area (Å²) < 4.78 is 0. The van der Waals surface area contributed by atoms with E-state index >= 15 is 0 Å². The Kier molecular flexibility index (Phi) is 5.50. The van der Waals surface area contributed by atoms with Gasteiger partial charge in [0.1, 0.15) is 0 Å². The van der Waals surface area contributed by atoms with Crippen molar-refractivity contribution in [3.63, 3.8) is 0 Å². The number of hydrogen-bond acceptors (Lipinski definition) is 2. The molecule has 0 spiro atoms. The molecule has 4 atom stereocenters. The van der Waals surface area contributed by atoms with Crippen LogP contribution in [0, 0.1) is 0 Å². The third-order valence-corrected chi connectivity index (χ3v) is 5.15. The van der Waals surface area contributed by atoms with Crippen molar-refractivity contribution in [2.24, 2.45) is 0 Å². The third kappa shape index (κ3) is 3.08. The zero-order valence-electron chi connectivity index (χ0n) is 12.6. The van der Waals surface area contributed by atoms with Gasteiger partial charge in [0.15, 0.2) is 0 Å². The van der Waals surface area contributed by atoms with Gasteiger partial charge in [-0.3, -0.25) is 4.90 Å². The predicted octanol–water partition coefficient (Wildman–Crippen LogP) is 3.56. The van der Waals surface area contributed by atoms with Crippen LogP contribution in [0.3, 0.4) is 0 Å². The van der Waals surface area contributed by atoms with Crippen molar-refractivity contribution in [1.29, 1.82) is 0 Å². The van der Waals surface area contributed by atoms with Crippen LogP contribution in [0.25, 0.3) is 0 Å². The van der Waals surface area contributed by atoms with Crippen LogP contribution in [0.2, 0.25) is 0 Å². The summed E-state index contributed by atoms with van der Waals surface area (Å²) in [5.41, 5.74) is 0. The van der Waals surface area contributed by atoms with Crippen LogP contribution in [-0.2, 0) is 0 Å². The van der Waals surface area contributed by atoms with Crippen molar-refractivity contribution < 1.29 is 0 Å². The summed E-state index contributed by atoms with van der Waals surface area (Å²) in [6.07, 6.45) is 11.3. The summed E-state index contributed by atoms with van der Waals surface area (Å²) in [6, 6.07) is 3.20. The van der Waals surface area contributed by atoms with Gasteiger partial charge in [0.05, 0.1) is 0 Å². The number of hydrogen-bond donors (Lipinski definition) is 1. The van der Waals surface area contributed by atoms with E-state index in [0.717, 1.165) is 30.7 Å². The third-order valence-electron chi connectivity index (χ3n) is 5.15. The number of nitrogens with one attached hydrogen (secondary N) is 1. The summed E-state index contributed by atoms with van der Waals surface area (Å²) in [5, 5.41) is 3.77. The molecule has 4 unspecified atom stereocenters. The molecule has 0 bridgehead atoms. The minimum Gasteiger partial charge on any atom is -0.313 e. The van der Waals surface area contributed by atoms with Crippen LogP contribution in [0.15, 0.2) is 0 Å². The van der Waals surface area contributed by atoms with Crippen LogP contribution in [0.1, 0.15) is 72.1 Å². The average molecular weight is 252 g/mol. The second-order valence-corrected chi connectivity index (χ2v) is 6.31. The fraction of sp³-hybridized carbons (Fsp3) is 1.00. The van der Waals surface area contributed by atoms with E-state index in [4.69, 9.17) is 0 Å². The lowest BCUT2D eigenvalue weighted by atomic mass is 9.98. The lowest BCUT2D eigenvalue weighted by Crippen LogP contribution is -2.53. The van der Waals surface area contributed by atoms with E-state index in [1.807, 2.05) is 0 Å². The Morgan fingerprint density at radius 3 is 2.50 bits per heavy atom. The number of likely N-dealkylation sites (tertiary alicyclic amines) is 1. The standard InChI is InChI=1S/C16H32N2/c1-4-14-12-11-13(3)18(14)16-10-8-6-7-9-15(16)17-5-2/h13-17H,4-12H2,1-3H3. The summed E-state index contributed by atoms with van der Waals surface area (Å²) in [5.74, 6) is 0. The first kappa shape index (κ1) is 14.3. The van der Waals surface area contributed by atoms with E-state index in [-0.39, 0.29) is 0 Å². The van der Waals surface area contributed by atoms with Crippen molar-refractivity contribution in [2.75, 3.05) is 6.54 Å². The fourth-order valence-electron chi connectivity index (χ4n) is 4.25. The van der Waals surface area contributed by atoms with E-state index in [0.29, 0.717) is 0 Å². The Hall–Kier alpha value is -0.0800. The zero-order chi connectivity index (χ0) is 13.0. The maximum absolute atomic E-state index is 3.77. The number of rotatable bonds is 4. The van der Waals surface area contributed by atoms with Crippen LogP contribution in [-0.4, -0.2) is 35.6 Å². The summed E-state index contributed by atoms with van der Waals surface area (Å²) in [4.78, 5) is 2.89. The lowest BCUT2D eigenvalue weighted by molar-refractivity contribution is 0.0974. The monoisotopic (exact) mass is 252 g/mol. The molecule has 2 aliphatic rings. The molecule has 2 nitrogen and oxygen atoms in total. The van der Waals surface area contributed by atoms with Gasteiger partial charge in [0.2, 0.25) is 0 Å². The summed E-state index contributed by atoms with van der Waals surface area (Å²) in [6.45, 7) is 8.20. The normalized spacial score (nSPS) is 38.8. The molecule has 1 saturated carbocycles. The molecule has 1 aliphatic heterocycles. The van der Waals surface area contributed by atoms with Gasteiger partial charge in [-0.15, -0.1) is 0 Å². The quantitative estimate of drug-likeness (QED) is 0.770. The van der Waals surface area contributed by atoms with Gasteiger partial charge in [-0.05, 0) is 45.6 Å². The number of nitrogens with zero attached hydrogens (tertiary/aromatic N) is 1. The molecule has 106 valence electrons. The average Bonchev–Trinajstić information content (AvgIpc) is 2.59. The first-order valence-electron chi connectivity index (χ1n) is 8.28. The van der Waals surface area contributed by atoms with E-state index in [1.165, 1.54) is 51.4 Å². The van der Waals surface area contributed by atoms with Crippen molar-refractivity contribution in [3.05, 3.63) is 0 Å². The highest BCUT2D eigenvalue weighted by Gasteiger charge is 2.38. The molecule has 2 rings (SSSR count). The smallest absolute Gasteiger partial charge is 0.0255 e. The molecule has 0 amide bonds. The maximum Gasteiger partial charge on any atom is 0.0255 e. The highest BCUT2D eigenvalue weighted by atomic mass is 15.3. The highest BCUT2D eigenvalue weighted by molar-refractivity contribution is 4.95. The first-order chi connectivity index (χ1) is 8.77. The van der Waals surface area contributed by atoms with Gasteiger partial charge in [0, 0.05) is 24.2 Å². The molecule has 1 aliphatic carbocycles. The van der Waals surface area contributed by atoms with Crippen LogP contribution in [0.4, 0.5) is 0 Å². The molecule has 2 fully saturated rings. The zero-order valence-corrected chi connectivity index (χ0v) is 12.6. The van der Waals surface area contributed by atoms with Crippen LogP contribution >= 0.6 is 0 Å². The van der Waals surface area contributed by atoms with Gasteiger partial charge in [-0.25, -0.2) is 0 Å². The second kappa shape index (κ2) is 6.91. The molecule has 1 heterocycles. The largest absolute Gasteiger partial charge is 0.313 e. The molecular formula is C16H32N2. The van der Waals surface area contributed by atoms with E-state index in [2.05, 4.69) is 31.0 Å². The lowest BCUT2D eigenvalue weighted by Gasteiger charge is -2.40. The molecule has 1 N–H and O–H groups in total. The summed E-state index contributed by atoms with van der Waals surface area (Å²) >= 11 is 0. The van der Waals surface area contributed by atoms with Crippen molar-refractivity contribution in [1.82, 2.24) is 10.2 Å². The molecule has 1 saturated heterocycles. The molecule has 2 heteroatoms.